The van der Waals surface area contributed by atoms with Crippen molar-refractivity contribution in [3.05, 3.63) is 18.4 Å². The lowest BCUT2D eigenvalue weighted by Crippen LogP contribution is -1.97. The molecule has 0 saturated carbocycles. The molecule has 3 nitrogen and oxygen atoms in total. The third-order valence-electron chi connectivity index (χ3n) is 1.15. The van der Waals surface area contributed by atoms with Gasteiger partial charge in [-0.25, -0.2) is 4.98 Å². The predicted octanol–water partition coefficient (Wildman–Crippen LogP) is 1.66. The molecule has 0 aliphatic carbocycles. The van der Waals surface area contributed by atoms with Gasteiger partial charge in [-0.15, -0.1) is 0 Å². The molecule has 0 aliphatic heterocycles. The molecule has 1 rings (SSSR count). The summed E-state index contributed by atoms with van der Waals surface area (Å²) >= 11 is 0. The molecule has 0 fully saturated rings. The number of hydrogen-bond acceptors (Lipinski definition) is 3. The van der Waals surface area contributed by atoms with Crippen LogP contribution in [0.4, 0.5) is 0 Å². The van der Waals surface area contributed by atoms with Gasteiger partial charge in [0, 0.05) is 6.42 Å². The van der Waals surface area contributed by atoms with Crippen LogP contribution in [0, 0.1) is 0 Å². The maximum atomic E-state index is 10.9. The maximum absolute atomic E-state index is 10.9. The molecule has 1 aromatic rings. The van der Waals surface area contributed by atoms with Gasteiger partial charge in [0.2, 0.25) is 5.78 Å². The molecule has 0 N–H and O–H groups in total. The van der Waals surface area contributed by atoms with Crippen molar-refractivity contribution in [1.82, 2.24) is 4.98 Å². The number of carbonyl (C=O) groups excluding carboxylic acids is 1. The molecule has 0 aromatic carbocycles. The molecule has 10 heavy (non-hydrogen) atoms. The normalized spacial score (nSPS) is 9.70. The highest BCUT2D eigenvalue weighted by molar-refractivity contribution is 5.91. The van der Waals surface area contributed by atoms with Crippen molar-refractivity contribution < 1.29 is 9.21 Å². The van der Waals surface area contributed by atoms with Crippen molar-refractivity contribution in [2.45, 2.75) is 19.8 Å². The van der Waals surface area contributed by atoms with E-state index < -0.39 is 0 Å². The van der Waals surface area contributed by atoms with Gasteiger partial charge >= 0.3 is 0 Å². The Kier molecular flexibility index (Phi) is 2.20. The number of aromatic nitrogens is 1. The highest BCUT2D eigenvalue weighted by Crippen LogP contribution is 2.00. The zero-order chi connectivity index (χ0) is 7.40. The summed E-state index contributed by atoms with van der Waals surface area (Å²) < 4.78 is 4.79. The molecule has 0 saturated heterocycles. The van der Waals surface area contributed by atoms with Gasteiger partial charge in [0.25, 0.3) is 5.89 Å². The third-order valence-corrected chi connectivity index (χ3v) is 1.15. The second-order valence-corrected chi connectivity index (χ2v) is 2.01. The van der Waals surface area contributed by atoms with Crippen LogP contribution in [0.3, 0.4) is 0 Å². The molecule has 0 radical (unpaired) electrons. The van der Waals surface area contributed by atoms with Crippen molar-refractivity contribution in [1.29, 1.82) is 0 Å². The SMILES string of the molecule is CCCC(=O)c1ncco1. The van der Waals surface area contributed by atoms with Crippen LogP contribution in [0.2, 0.25) is 0 Å². The first-order chi connectivity index (χ1) is 4.84. The summed E-state index contributed by atoms with van der Waals surface area (Å²) in [7, 11) is 0. The van der Waals surface area contributed by atoms with E-state index in [1.165, 1.54) is 12.5 Å². The number of ketones is 1. The van der Waals surface area contributed by atoms with E-state index in [1.54, 1.807) is 0 Å². The summed E-state index contributed by atoms with van der Waals surface area (Å²) in [6.45, 7) is 1.95. The summed E-state index contributed by atoms with van der Waals surface area (Å²) in [5.74, 6) is 0.203. The summed E-state index contributed by atoms with van der Waals surface area (Å²) in [6.07, 6.45) is 4.23. The fourth-order valence-corrected chi connectivity index (χ4v) is 0.695. The number of Topliss-reactive ketones (excluding diaryl/α,β-unsaturated/α-hetero) is 1. The number of hydrogen-bond donors (Lipinski definition) is 0. The molecule has 0 spiro atoms. The second kappa shape index (κ2) is 3.15. The minimum atomic E-state index is -0.0208. The largest absolute Gasteiger partial charge is 0.442 e. The Hall–Kier alpha value is -1.12. The molecule has 1 heterocycles. The molecule has 0 amide bonds. The predicted molar refractivity (Wildman–Crippen MR) is 35.7 cm³/mol. The summed E-state index contributed by atoms with van der Waals surface area (Å²) in [4.78, 5) is 14.7. The fourth-order valence-electron chi connectivity index (χ4n) is 0.695. The Morgan fingerprint density at radius 2 is 2.60 bits per heavy atom. The van der Waals surface area contributed by atoms with Crippen LogP contribution in [0.5, 0.6) is 0 Å². The molecule has 54 valence electrons. The standard InChI is InChI=1S/C7H9NO2/c1-2-3-6(9)7-8-4-5-10-7/h4-5H,2-3H2,1H3. The Morgan fingerprint density at radius 1 is 1.80 bits per heavy atom. The smallest absolute Gasteiger partial charge is 0.263 e. The molecule has 0 bridgehead atoms. The molecule has 0 atom stereocenters. The van der Waals surface area contributed by atoms with Gasteiger partial charge in [-0.3, -0.25) is 4.79 Å². The molecular weight excluding hydrogens is 130 g/mol. The Morgan fingerprint density at radius 3 is 3.10 bits per heavy atom. The number of oxazole rings is 1. The summed E-state index contributed by atoms with van der Waals surface area (Å²) in [5.41, 5.74) is 0. The minimum Gasteiger partial charge on any atom is -0.442 e. The van der Waals surface area contributed by atoms with Crippen LogP contribution < -0.4 is 0 Å². The van der Waals surface area contributed by atoms with E-state index in [1.807, 2.05) is 6.92 Å². The fraction of sp³-hybridized carbons (Fsp3) is 0.429. The molecule has 0 unspecified atom stereocenters. The third kappa shape index (κ3) is 1.43. The van der Waals surface area contributed by atoms with Gasteiger partial charge < -0.3 is 4.42 Å². The molecular formula is C7H9NO2. The average molecular weight is 139 g/mol. The molecule has 1 aromatic heterocycles. The molecule has 3 heteroatoms. The first kappa shape index (κ1) is 6.99. The van der Waals surface area contributed by atoms with Crippen LogP contribution in [-0.2, 0) is 0 Å². The van der Waals surface area contributed by atoms with Crippen molar-refractivity contribution in [3.8, 4) is 0 Å². The van der Waals surface area contributed by atoms with Gasteiger partial charge in [-0.1, -0.05) is 6.92 Å². The van der Waals surface area contributed by atoms with E-state index in [4.69, 9.17) is 4.42 Å². The first-order valence-corrected chi connectivity index (χ1v) is 3.27. The van der Waals surface area contributed by atoms with Crippen LogP contribution in [0.1, 0.15) is 30.5 Å². The van der Waals surface area contributed by atoms with Crippen molar-refractivity contribution in [3.63, 3.8) is 0 Å². The number of carbonyl (C=O) groups is 1. The maximum Gasteiger partial charge on any atom is 0.263 e. The van der Waals surface area contributed by atoms with Crippen LogP contribution in [-0.4, -0.2) is 10.8 Å². The zero-order valence-corrected chi connectivity index (χ0v) is 5.83. The van der Waals surface area contributed by atoms with Gasteiger partial charge in [0.1, 0.15) is 6.26 Å². The van der Waals surface area contributed by atoms with Crippen LogP contribution in [0.25, 0.3) is 0 Å². The van der Waals surface area contributed by atoms with E-state index >= 15 is 0 Å². The number of nitrogens with zero attached hydrogens (tertiary/aromatic N) is 1. The lowest BCUT2D eigenvalue weighted by molar-refractivity contribution is 0.0948. The van der Waals surface area contributed by atoms with E-state index in [0.29, 0.717) is 6.42 Å². The van der Waals surface area contributed by atoms with Crippen LogP contribution >= 0.6 is 0 Å². The quantitative estimate of drug-likeness (QED) is 0.598. The van der Waals surface area contributed by atoms with E-state index in [9.17, 15) is 4.79 Å². The van der Waals surface area contributed by atoms with E-state index in [2.05, 4.69) is 4.98 Å². The highest BCUT2D eigenvalue weighted by Gasteiger charge is 2.07. The van der Waals surface area contributed by atoms with Gasteiger partial charge in [0.05, 0.1) is 6.20 Å². The lowest BCUT2D eigenvalue weighted by atomic mass is 10.2. The summed E-state index contributed by atoms with van der Waals surface area (Å²) in [5, 5.41) is 0. The second-order valence-electron chi connectivity index (χ2n) is 2.01. The van der Waals surface area contributed by atoms with Crippen LogP contribution in [0.15, 0.2) is 16.9 Å². The van der Waals surface area contributed by atoms with Gasteiger partial charge in [-0.2, -0.15) is 0 Å². The summed E-state index contributed by atoms with van der Waals surface area (Å²) in [6, 6.07) is 0. The Balaban J connectivity index is 2.59. The Bertz CT molecular complexity index is 203. The Labute approximate surface area is 59.1 Å². The highest BCUT2D eigenvalue weighted by atomic mass is 16.3. The van der Waals surface area contributed by atoms with E-state index in [0.717, 1.165) is 6.42 Å². The van der Waals surface area contributed by atoms with Crippen molar-refractivity contribution >= 4 is 5.78 Å². The van der Waals surface area contributed by atoms with Crippen molar-refractivity contribution in [2.75, 3.05) is 0 Å². The topological polar surface area (TPSA) is 43.1 Å². The lowest BCUT2D eigenvalue weighted by Gasteiger charge is -1.88. The first-order valence-electron chi connectivity index (χ1n) is 3.27. The average Bonchev–Trinajstić information content (AvgIpc) is 2.38. The zero-order valence-electron chi connectivity index (χ0n) is 5.83. The minimum absolute atomic E-state index is 0.0208. The number of rotatable bonds is 3. The van der Waals surface area contributed by atoms with Crippen molar-refractivity contribution in [2.24, 2.45) is 0 Å². The van der Waals surface area contributed by atoms with E-state index in [-0.39, 0.29) is 11.7 Å². The molecule has 0 aliphatic rings. The van der Waals surface area contributed by atoms with Gasteiger partial charge in [-0.05, 0) is 6.42 Å². The van der Waals surface area contributed by atoms with Gasteiger partial charge in [0.15, 0.2) is 0 Å². The monoisotopic (exact) mass is 139 g/mol.